The number of nitrogen functional groups attached to an aromatic ring is 1. The van der Waals surface area contributed by atoms with Crippen LogP contribution in [0.3, 0.4) is 0 Å². The highest BCUT2D eigenvalue weighted by molar-refractivity contribution is 6.00. The third-order valence-corrected chi connectivity index (χ3v) is 5.03. The van der Waals surface area contributed by atoms with Crippen LogP contribution in [0.5, 0.6) is 0 Å². The maximum absolute atomic E-state index is 12.0. The van der Waals surface area contributed by atoms with Crippen LogP contribution in [-0.4, -0.2) is 17.0 Å². The molecule has 0 saturated heterocycles. The molecule has 0 amide bonds. The van der Waals surface area contributed by atoms with Crippen molar-refractivity contribution in [1.29, 1.82) is 0 Å². The van der Waals surface area contributed by atoms with E-state index >= 15 is 0 Å². The molecule has 0 aliphatic carbocycles. The maximum atomic E-state index is 12.0. The molecule has 1 aromatic carbocycles. The minimum absolute atomic E-state index is 0.130. The largest absolute Gasteiger partial charge is 0.478 e. The highest BCUT2D eigenvalue weighted by Gasteiger charge is 2.29. The summed E-state index contributed by atoms with van der Waals surface area (Å²) in [5.41, 5.74) is 12.4. The minimum atomic E-state index is -0.927. The summed E-state index contributed by atoms with van der Waals surface area (Å²) in [4.78, 5) is 22.8. The molecule has 0 fully saturated rings. The zero-order valence-electron chi connectivity index (χ0n) is 14.7. The van der Waals surface area contributed by atoms with Crippen LogP contribution in [0.1, 0.15) is 59.8 Å². The monoisotopic (exact) mass is 331 g/mol. The van der Waals surface area contributed by atoms with Crippen LogP contribution in [0.15, 0.2) is 11.6 Å². The molecule has 0 saturated carbocycles. The van der Waals surface area contributed by atoms with Crippen LogP contribution in [0, 0.1) is 12.8 Å². The number of rotatable bonds is 6. The van der Waals surface area contributed by atoms with Crippen LogP contribution >= 0.6 is 0 Å². The van der Waals surface area contributed by atoms with Gasteiger partial charge in [0.2, 0.25) is 0 Å². The molecular formula is C19H25NO4. The summed E-state index contributed by atoms with van der Waals surface area (Å²) in [5.74, 6) is -1.14. The van der Waals surface area contributed by atoms with E-state index in [4.69, 9.17) is 15.6 Å². The average Bonchev–Trinajstić information content (AvgIpc) is 2.90. The third-order valence-electron chi connectivity index (χ3n) is 5.03. The van der Waals surface area contributed by atoms with Crippen molar-refractivity contribution in [3.8, 4) is 0 Å². The van der Waals surface area contributed by atoms with Gasteiger partial charge in [0.15, 0.2) is 0 Å². The van der Waals surface area contributed by atoms with Crippen LogP contribution in [0.25, 0.3) is 0 Å². The molecule has 24 heavy (non-hydrogen) atoms. The molecule has 2 rings (SSSR count). The van der Waals surface area contributed by atoms with Crippen LogP contribution in [0.4, 0.5) is 5.69 Å². The molecule has 0 bridgehead atoms. The van der Waals surface area contributed by atoms with Gasteiger partial charge in [-0.2, -0.15) is 0 Å². The van der Waals surface area contributed by atoms with Crippen molar-refractivity contribution in [2.45, 2.75) is 53.6 Å². The van der Waals surface area contributed by atoms with Crippen molar-refractivity contribution in [2.75, 3.05) is 5.73 Å². The second-order valence-electron chi connectivity index (χ2n) is 6.45. The fourth-order valence-corrected chi connectivity index (χ4v) is 3.39. The molecule has 0 spiro atoms. The number of benzene rings is 1. The zero-order valence-corrected chi connectivity index (χ0v) is 14.7. The van der Waals surface area contributed by atoms with E-state index in [0.717, 1.165) is 35.1 Å². The van der Waals surface area contributed by atoms with Gasteiger partial charge in [-0.3, -0.25) is 0 Å². The predicted octanol–water partition coefficient (Wildman–Crippen LogP) is 3.41. The van der Waals surface area contributed by atoms with Gasteiger partial charge in [-0.15, -0.1) is 0 Å². The second-order valence-corrected chi connectivity index (χ2v) is 6.45. The summed E-state index contributed by atoms with van der Waals surface area (Å²) in [6.45, 7) is 8.23. The van der Waals surface area contributed by atoms with Gasteiger partial charge in [0, 0.05) is 11.6 Å². The first kappa shape index (κ1) is 18.0. The van der Waals surface area contributed by atoms with Gasteiger partial charge < -0.3 is 15.6 Å². The number of nitrogens with two attached hydrogens (primary N) is 1. The Hall–Kier alpha value is -2.30. The first-order chi connectivity index (χ1) is 11.3. The van der Waals surface area contributed by atoms with E-state index in [2.05, 4.69) is 6.92 Å². The van der Waals surface area contributed by atoms with Crippen molar-refractivity contribution in [2.24, 2.45) is 5.92 Å². The number of cyclic esters (lactones) is 1. The standard InChI is InChI=1S/C19H25NO4/c1-5-13-12(4)15-9-24-19(23)17(15)18(20)14(13)7-6-10(2)11(3)8-16(21)22/h8,10H,5-7,9,20H2,1-4H3,(H,21,22)/b11-8+. The second kappa shape index (κ2) is 7.07. The summed E-state index contributed by atoms with van der Waals surface area (Å²) < 4.78 is 5.15. The average molecular weight is 331 g/mol. The first-order valence-electron chi connectivity index (χ1n) is 8.28. The third kappa shape index (κ3) is 3.30. The summed E-state index contributed by atoms with van der Waals surface area (Å²) in [7, 11) is 0. The lowest BCUT2D eigenvalue weighted by atomic mass is 9.86. The molecule has 1 atom stereocenters. The van der Waals surface area contributed by atoms with Crippen molar-refractivity contribution in [1.82, 2.24) is 0 Å². The van der Waals surface area contributed by atoms with Crippen LogP contribution in [-0.2, 0) is 29.0 Å². The number of anilines is 1. The number of carbonyl (C=O) groups is 2. The van der Waals surface area contributed by atoms with E-state index in [9.17, 15) is 9.59 Å². The lowest BCUT2D eigenvalue weighted by Crippen LogP contribution is -2.11. The van der Waals surface area contributed by atoms with Gasteiger partial charge in [-0.25, -0.2) is 9.59 Å². The molecule has 1 aliphatic rings. The van der Waals surface area contributed by atoms with Crippen molar-refractivity contribution in [3.05, 3.63) is 39.5 Å². The number of esters is 1. The normalized spacial score (nSPS) is 15.2. The Morgan fingerprint density at radius 2 is 2.08 bits per heavy atom. The number of carbonyl (C=O) groups excluding carboxylic acids is 1. The van der Waals surface area contributed by atoms with Crippen molar-refractivity contribution in [3.63, 3.8) is 0 Å². The number of hydrogen-bond donors (Lipinski definition) is 2. The first-order valence-corrected chi connectivity index (χ1v) is 8.28. The van der Waals surface area contributed by atoms with E-state index in [-0.39, 0.29) is 11.9 Å². The Bertz CT molecular complexity index is 719. The van der Waals surface area contributed by atoms with E-state index < -0.39 is 5.97 Å². The van der Waals surface area contributed by atoms with Gasteiger partial charge in [0.1, 0.15) is 6.61 Å². The fourth-order valence-electron chi connectivity index (χ4n) is 3.39. The highest BCUT2D eigenvalue weighted by Crippen LogP contribution is 2.36. The molecule has 5 nitrogen and oxygen atoms in total. The molecule has 1 aliphatic heterocycles. The molecule has 1 unspecified atom stereocenters. The Labute approximate surface area is 142 Å². The van der Waals surface area contributed by atoms with E-state index in [1.807, 2.05) is 20.8 Å². The molecule has 130 valence electrons. The van der Waals surface area contributed by atoms with Crippen LogP contribution in [0.2, 0.25) is 0 Å². The lowest BCUT2D eigenvalue weighted by Gasteiger charge is -2.19. The van der Waals surface area contributed by atoms with Crippen LogP contribution < -0.4 is 5.73 Å². The maximum Gasteiger partial charge on any atom is 0.341 e. The number of aliphatic carboxylic acids is 1. The Balaban J connectivity index is 2.34. The Morgan fingerprint density at radius 1 is 1.42 bits per heavy atom. The van der Waals surface area contributed by atoms with Gasteiger partial charge in [-0.1, -0.05) is 19.4 Å². The zero-order chi connectivity index (χ0) is 18.0. The molecule has 0 aromatic heterocycles. The molecule has 3 N–H and O–H groups in total. The quantitative estimate of drug-likeness (QED) is 0.474. The Morgan fingerprint density at radius 3 is 2.67 bits per heavy atom. The van der Waals surface area contributed by atoms with Crippen molar-refractivity contribution >= 4 is 17.6 Å². The topological polar surface area (TPSA) is 89.6 Å². The van der Waals surface area contributed by atoms with E-state index in [1.54, 1.807) is 0 Å². The molecular weight excluding hydrogens is 306 g/mol. The molecule has 1 heterocycles. The minimum Gasteiger partial charge on any atom is -0.478 e. The number of carboxylic acids is 1. The summed E-state index contributed by atoms with van der Waals surface area (Å²) in [6.07, 6.45) is 3.58. The summed E-state index contributed by atoms with van der Waals surface area (Å²) in [5, 5.41) is 8.87. The smallest absolute Gasteiger partial charge is 0.341 e. The predicted molar refractivity (Wildman–Crippen MR) is 93.0 cm³/mol. The number of hydrogen-bond acceptors (Lipinski definition) is 4. The lowest BCUT2D eigenvalue weighted by molar-refractivity contribution is -0.131. The summed E-state index contributed by atoms with van der Waals surface area (Å²) >= 11 is 0. The number of ether oxygens (including phenoxy) is 1. The SMILES string of the molecule is CCc1c(C)c2c(c(N)c1CCC(C)/C(C)=C/C(=O)O)C(=O)OC2. The molecule has 5 heteroatoms. The van der Waals surface area contributed by atoms with Gasteiger partial charge in [0.25, 0.3) is 0 Å². The molecule has 1 aromatic rings. The summed E-state index contributed by atoms with van der Waals surface area (Å²) in [6, 6.07) is 0. The fraction of sp³-hybridized carbons (Fsp3) is 0.474. The van der Waals surface area contributed by atoms with E-state index in [1.165, 1.54) is 11.6 Å². The van der Waals surface area contributed by atoms with E-state index in [0.29, 0.717) is 24.3 Å². The van der Waals surface area contributed by atoms with Gasteiger partial charge >= 0.3 is 11.9 Å². The molecule has 0 radical (unpaired) electrons. The Kier molecular flexibility index (Phi) is 5.32. The number of fused-ring (bicyclic) bond motifs is 1. The van der Waals surface area contributed by atoms with Gasteiger partial charge in [0.05, 0.1) is 11.3 Å². The van der Waals surface area contributed by atoms with Gasteiger partial charge in [-0.05, 0) is 55.7 Å². The number of carboxylic acid groups (broad SMARTS) is 1. The van der Waals surface area contributed by atoms with Crippen molar-refractivity contribution < 1.29 is 19.4 Å². The number of allylic oxidation sites excluding steroid dienone is 1. The highest BCUT2D eigenvalue weighted by atomic mass is 16.5.